The largest absolute Gasteiger partial charge is 0.481 e. The van der Waals surface area contributed by atoms with E-state index in [1.165, 1.54) is 11.8 Å². The summed E-state index contributed by atoms with van der Waals surface area (Å²) in [4.78, 5) is 26.8. The van der Waals surface area contributed by atoms with E-state index in [2.05, 4.69) is 10.3 Å². The predicted molar refractivity (Wildman–Crippen MR) is 86.4 cm³/mol. The summed E-state index contributed by atoms with van der Waals surface area (Å²) in [6.45, 7) is 1.77. The lowest BCUT2D eigenvalue weighted by Crippen LogP contribution is -2.32. The lowest BCUT2D eigenvalue weighted by atomic mass is 9.96. The number of aliphatic carboxylic acids is 1. The number of carboxylic acid groups (broad SMARTS) is 1. The number of nitrogens with two attached hydrogens (primary N) is 1. The van der Waals surface area contributed by atoms with Crippen molar-refractivity contribution in [2.75, 3.05) is 5.75 Å². The number of carbonyl (C=O) groups excluding carboxylic acids is 1. The molecule has 0 aromatic heterocycles. The van der Waals surface area contributed by atoms with E-state index in [9.17, 15) is 9.59 Å². The topological polar surface area (TPSA) is 105 Å². The summed E-state index contributed by atoms with van der Waals surface area (Å²) in [6, 6.07) is 8.94. The van der Waals surface area contributed by atoms with Crippen LogP contribution in [0.1, 0.15) is 24.9 Å². The second-order valence-corrected chi connectivity index (χ2v) is 5.85. The highest BCUT2D eigenvalue weighted by Gasteiger charge is 2.27. The number of amidine groups is 1. The van der Waals surface area contributed by atoms with Crippen LogP contribution in [-0.2, 0) is 9.59 Å². The van der Waals surface area contributed by atoms with Crippen molar-refractivity contribution in [3.05, 3.63) is 47.2 Å². The van der Waals surface area contributed by atoms with Gasteiger partial charge in [0.2, 0.25) is 5.91 Å². The Balaban J connectivity index is 2.26. The van der Waals surface area contributed by atoms with E-state index in [1.807, 2.05) is 30.3 Å². The normalized spacial score (nSPS) is 17.7. The third-order valence-electron chi connectivity index (χ3n) is 3.15. The van der Waals surface area contributed by atoms with Crippen LogP contribution in [0.25, 0.3) is 0 Å². The number of nitrogens with zero attached hydrogens (tertiary/aromatic N) is 1. The van der Waals surface area contributed by atoms with Crippen molar-refractivity contribution in [2.45, 2.75) is 19.4 Å². The minimum atomic E-state index is -0.853. The molecule has 0 bridgehead atoms. The van der Waals surface area contributed by atoms with Crippen molar-refractivity contribution in [3.8, 4) is 0 Å². The molecule has 0 saturated heterocycles. The number of hydrogen-bond donors (Lipinski definition) is 3. The lowest BCUT2D eigenvalue weighted by molar-refractivity contribution is -0.136. The lowest BCUT2D eigenvalue weighted by Gasteiger charge is -2.25. The molecule has 2 rings (SSSR count). The third-order valence-corrected chi connectivity index (χ3v) is 4.04. The van der Waals surface area contributed by atoms with E-state index in [0.717, 1.165) is 5.56 Å². The fraction of sp³-hybridized carbons (Fsp3) is 0.267. The maximum atomic E-state index is 11.7. The molecule has 1 heterocycles. The summed E-state index contributed by atoms with van der Waals surface area (Å²) < 4.78 is 0. The minimum absolute atomic E-state index is 0.0484. The maximum absolute atomic E-state index is 11.7. The Morgan fingerprint density at radius 2 is 2.05 bits per heavy atom. The summed E-state index contributed by atoms with van der Waals surface area (Å²) in [7, 11) is 0. The smallest absolute Gasteiger partial charge is 0.304 e. The molecule has 22 heavy (non-hydrogen) atoms. The molecule has 1 aliphatic heterocycles. The Kier molecular flexibility index (Phi) is 5.21. The molecule has 1 aromatic rings. The number of hydrogen-bond acceptors (Lipinski definition) is 5. The summed E-state index contributed by atoms with van der Waals surface area (Å²) in [6.07, 6.45) is 0.0484. The third kappa shape index (κ3) is 3.88. The molecule has 4 N–H and O–H groups in total. The first-order valence-electron chi connectivity index (χ1n) is 6.74. The Morgan fingerprint density at radius 1 is 1.36 bits per heavy atom. The number of carbonyl (C=O) groups is 2. The molecule has 0 radical (unpaired) electrons. The van der Waals surface area contributed by atoms with Crippen LogP contribution in [0, 0.1) is 0 Å². The fourth-order valence-corrected chi connectivity index (χ4v) is 3.03. The van der Waals surface area contributed by atoms with Crippen LogP contribution in [0.4, 0.5) is 0 Å². The SMILES string of the molecule is CC1=C(C(N)=O)[C@H](c2ccccc2)N=C(SCCC(=O)O)N1. The van der Waals surface area contributed by atoms with Crippen LogP contribution >= 0.6 is 11.8 Å². The number of thioether (sulfide) groups is 1. The second kappa shape index (κ2) is 7.13. The molecule has 1 aromatic carbocycles. The van der Waals surface area contributed by atoms with Gasteiger partial charge in [-0.3, -0.25) is 9.59 Å². The highest BCUT2D eigenvalue weighted by atomic mass is 32.2. The van der Waals surface area contributed by atoms with E-state index in [0.29, 0.717) is 22.2 Å². The van der Waals surface area contributed by atoms with E-state index in [4.69, 9.17) is 10.8 Å². The van der Waals surface area contributed by atoms with Gasteiger partial charge in [0.1, 0.15) is 6.04 Å². The highest BCUT2D eigenvalue weighted by Crippen LogP contribution is 2.31. The highest BCUT2D eigenvalue weighted by molar-refractivity contribution is 8.13. The van der Waals surface area contributed by atoms with Gasteiger partial charge in [0.25, 0.3) is 0 Å². The summed E-state index contributed by atoms with van der Waals surface area (Å²) in [5.74, 6) is -0.965. The fourth-order valence-electron chi connectivity index (χ4n) is 2.15. The molecule has 1 amide bonds. The zero-order valence-electron chi connectivity index (χ0n) is 12.1. The van der Waals surface area contributed by atoms with Gasteiger partial charge in [-0.1, -0.05) is 42.1 Å². The molecule has 1 aliphatic rings. The number of carboxylic acids is 1. The molecule has 7 heteroatoms. The van der Waals surface area contributed by atoms with E-state index in [1.54, 1.807) is 6.92 Å². The van der Waals surface area contributed by atoms with Crippen molar-refractivity contribution < 1.29 is 14.7 Å². The van der Waals surface area contributed by atoms with Crippen molar-refractivity contribution >= 4 is 28.8 Å². The average molecular weight is 319 g/mol. The molecule has 116 valence electrons. The molecule has 0 spiro atoms. The number of allylic oxidation sites excluding steroid dienone is 1. The molecule has 0 unspecified atom stereocenters. The number of nitrogens with one attached hydrogen (secondary N) is 1. The van der Waals surface area contributed by atoms with Crippen LogP contribution in [0.5, 0.6) is 0 Å². The monoisotopic (exact) mass is 319 g/mol. The van der Waals surface area contributed by atoms with Crippen molar-refractivity contribution in [1.29, 1.82) is 0 Å². The van der Waals surface area contributed by atoms with Gasteiger partial charge in [-0.2, -0.15) is 0 Å². The van der Waals surface area contributed by atoms with Crippen LogP contribution in [0.15, 0.2) is 46.6 Å². The molecular formula is C15H17N3O3S. The number of amides is 1. The molecule has 1 atom stereocenters. The zero-order chi connectivity index (χ0) is 16.1. The first-order chi connectivity index (χ1) is 10.5. The van der Waals surface area contributed by atoms with Crippen molar-refractivity contribution in [2.24, 2.45) is 10.7 Å². The number of benzene rings is 1. The zero-order valence-corrected chi connectivity index (χ0v) is 12.9. The van der Waals surface area contributed by atoms with Crippen molar-refractivity contribution in [1.82, 2.24) is 5.32 Å². The number of aliphatic imine (C=N–C) groups is 1. The average Bonchev–Trinajstić information content (AvgIpc) is 2.46. The minimum Gasteiger partial charge on any atom is -0.481 e. The molecule has 0 saturated carbocycles. The van der Waals surface area contributed by atoms with Gasteiger partial charge >= 0.3 is 5.97 Å². The van der Waals surface area contributed by atoms with Gasteiger partial charge in [0, 0.05) is 11.4 Å². The van der Waals surface area contributed by atoms with Gasteiger partial charge in [0.05, 0.1) is 12.0 Å². The quantitative estimate of drug-likeness (QED) is 0.765. The van der Waals surface area contributed by atoms with E-state index >= 15 is 0 Å². The molecule has 6 nitrogen and oxygen atoms in total. The van der Waals surface area contributed by atoms with Gasteiger partial charge in [-0.15, -0.1) is 0 Å². The molecule has 0 aliphatic carbocycles. The standard InChI is InChI=1S/C15H17N3O3S/c1-9-12(14(16)21)13(10-5-3-2-4-6-10)18-15(17-9)22-8-7-11(19)20/h2-6,13H,7-8H2,1H3,(H2,16,21)(H,17,18)(H,19,20)/t13-/m0/s1. The van der Waals surface area contributed by atoms with Gasteiger partial charge in [-0.05, 0) is 12.5 Å². The number of primary amides is 1. The van der Waals surface area contributed by atoms with E-state index < -0.39 is 17.9 Å². The first kappa shape index (κ1) is 16.1. The van der Waals surface area contributed by atoms with Crippen LogP contribution in [0.2, 0.25) is 0 Å². The van der Waals surface area contributed by atoms with Crippen LogP contribution in [0.3, 0.4) is 0 Å². The Bertz CT molecular complexity index is 641. The Morgan fingerprint density at radius 3 is 2.64 bits per heavy atom. The maximum Gasteiger partial charge on any atom is 0.304 e. The van der Waals surface area contributed by atoms with Gasteiger partial charge in [-0.25, -0.2) is 4.99 Å². The second-order valence-electron chi connectivity index (χ2n) is 4.77. The molecular weight excluding hydrogens is 302 g/mol. The van der Waals surface area contributed by atoms with Gasteiger partial charge in [0.15, 0.2) is 5.17 Å². The predicted octanol–water partition coefficient (Wildman–Crippen LogP) is 1.65. The summed E-state index contributed by atoms with van der Waals surface area (Å²) >= 11 is 1.31. The van der Waals surface area contributed by atoms with Crippen LogP contribution < -0.4 is 11.1 Å². The first-order valence-corrected chi connectivity index (χ1v) is 7.72. The van der Waals surface area contributed by atoms with Crippen molar-refractivity contribution in [3.63, 3.8) is 0 Å². The summed E-state index contributed by atoms with van der Waals surface area (Å²) in [5, 5.41) is 12.3. The number of rotatable bonds is 5. The van der Waals surface area contributed by atoms with Crippen LogP contribution in [-0.4, -0.2) is 27.9 Å². The molecule has 0 fully saturated rings. The summed E-state index contributed by atoms with van der Waals surface area (Å²) in [5.41, 5.74) is 7.42. The Hall–Kier alpha value is -2.28. The Labute approximate surface area is 132 Å². The van der Waals surface area contributed by atoms with Gasteiger partial charge < -0.3 is 16.2 Å². The van der Waals surface area contributed by atoms with E-state index in [-0.39, 0.29) is 6.42 Å².